The first-order chi connectivity index (χ1) is 8.65. The molecule has 1 unspecified atom stereocenters. The molecule has 2 fully saturated rings. The smallest absolute Gasteiger partial charge is 0.323 e. The summed E-state index contributed by atoms with van der Waals surface area (Å²) in [5, 5.41) is 22.0. The number of hydrogen-bond acceptors (Lipinski definition) is 6. The molecule has 0 aromatic carbocycles. The lowest BCUT2D eigenvalue weighted by Crippen LogP contribution is -2.55. The fourth-order valence-electron chi connectivity index (χ4n) is 2.30. The maximum absolute atomic E-state index is 11.4. The van der Waals surface area contributed by atoms with Crippen LogP contribution in [0.15, 0.2) is 0 Å². The van der Waals surface area contributed by atoms with Crippen LogP contribution < -0.4 is 5.32 Å². The molecular weight excluding hydrogens is 248 g/mol. The minimum absolute atomic E-state index is 0. The average Bonchev–Trinajstić information content (AvgIpc) is 2.60. The highest BCUT2D eigenvalue weighted by molar-refractivity contribution is 5.76. The van der Waals surface area contributed by atoms with E-state index in [0.29, 0.717) is 19.7 Å². The summed E-state index contributed by atoms with van der Waals surface area (Å²) in [4.78, 5) is 11.4. The second kappa shape index (κ2) is 6.17. The Morgan fingerprint density at radius 2 is 2.05 bits per heavy atom. The molecule has 114 valence electrons. The molecule has 3 N–H and O–H groups in total. The molecule has 0 saturated carbocycles. The van der Waals surface area contributed by atoms with Gasteiger partial charge in [0.05, 0.1) is 12.2 Å². The van der Waals surface area contributed by atoms with Crippen LogP contribution >= 0.6 is 0 Å². The van der Waals surface area contributed by atoms with Gasteiger partial charge in [0.15, 0.2) is 0 Å². The predicted molar refractivity (Wildman–Crippen MR) is 72.9 cm³/mol. The first-order valence-electron chi connectivity index (χ1n) is 6.71. The number of aliphatic hydroxyl groups is 1. The Kier molecular flexibility index (Phi) is 5.32. The van der Waals surface area contributed by atoms with E-state index in [1.165, 1.54) is 5.06 Å². The van der Waals surface area contributed by atoms with Crippen molar-refractivity contribution in [3.63, 3.8) is 0 Å². The van der Waals surface area contributed by atoms with Crippen molar-refractivity contribution in [2.45, 2.75) is 45.8 Å². The van der Waals surface area contributed by atoms with Gasteiger partial charge in [-0.25, -0.2) is 0 Å². The molecule has 1 spiro atoms. The van der Waals surface area contributed by atoms with Gasteiger partial charge in [-0.15, -0.1) is 0 Å². The summed E-state index contributed by atoms with van der Waals surface area (Å²) in [5.41, 5.74) is -0.397. The Morgan fingerprint density at radius 1 is 1.53 bits per heavy atom. The fourth-order valence-corrected chi connectivity index (χ4v) is 2.30. The summed E-state index contributed by atoms with van der Waals surface area (Å²) in [5.74, 6) is -0.166. The minimum atomic E-state index is -0.500. The minimum Gasteiger partial charge on any atom is -0.465 e. The highest BCUT2D eigenvalue weighted by atomic mass is 16.5. The number of carbonyl (C=O) groups is 1. The highest BCUT2D eigenvalue weighted by Gasteiger charge is 2.49. The van der Waals surface area contributed by atoms with Crippen molar-refractivity contribution in [2.24, 2.45) is 5.41 Å². The monoisotopic (exact) mass is 276 g/mol. The molecule has 1 atom stereocenters. The summed E-state index contributed by atoms with van der Waals surface area (Å²) in [7, 11) is 0. The molecule has 0 amide bonds. The predicted octanol–water partition coefficient (Wildman–Crippen LogP) is 0.626. The lowest BCUT2D eigenvalue weighted by Gasteiger charge is -2.43. The van der Waals surface area contributed by atoms with Gasteiger partial charge in [0.2, 0.25) is 0 Å². The van der Waals surface area contributed by atoms with Gasteiger partial charge in [-0.2, -0.15) is 5.06 Å². The summed E-state index contributed by atoms with van der Waals surface area (Å²) in [6, 6.07) is -0.177. The van der Waals surface area contributed by atoms with E-state index in [1.54, 1.807) is 27.7 Å². The molecule has 2 aliphatic heterocycles. The van der Waals surface area contributed by atoms with E-state index in [2.05, 4.69) is 5.32 Å². The van der Waals surface area contributed by atoms with Gasteiger partial charge in [0.25, 0.3) is 0 Å². The Balaban J connectivity index is 0.000000526. The van der Waals surface area contributed by atoms with Crippen LogP contribution in [0.5, 0.6) is 0 Å². The van der Waals surface area contributed by atoms with Gasteiger partial charge in [-0.05, 0) is 34.1 Å². The first kappa shape index (κ1) is 16.4. The van der Waals surface area contributed by atoms with E-state index >= 15 is 0 Å². The Hall–Kier alpha value is -0.690. The Morgan fingerprint density at radius 3 is 2.47 bits per heavy atom. The van der Waals surface area contributed by atoms with Crippen molar-refractivity contribution < 1.29 is 21.3 Å². The first-order valence-corrected chi connectivity index (χ1v) is 6.71. The Labute approximate surface area is 116 Å². The summed E-state index contributed by atoms with van der Waals surface area (Å²) >= 11 is 0. The van der Waals surface area contributed by atoms with Gasteiger partial charge in [-0.1, -0.05) is 0 Å². The maximum atomic E-state index is 11.4. The Bertz CT molecular complexity index is 308. The quantitative estimate of drug-likeness (QED) is 0.642. The van der Waals surface area contributed by atoms with E-state index in [-0.39, 0.29) is 18.9 Å². The molecule has 0 bridgehead atoms. The van der Waals surface area contributed by atoms with E-state index in [4.69, 9.17) is 15.1 Å². The van der Waals surface area contributed by atoms with Crippen LogP contribution in [0.25, 0.3) is 0 Å². The fraction of sp³-hybridized carbons (Fsp3) is 0.923. The van der Waals surface area contributed by atoms with Crippen molar-refractivity contribution >= 4 is 5.97 Å². The van der Waals surface area contributed by atoms with E-state index in [1.807, 2.05) is 0 Å². The van der Waals surface area contributed by atoms with Crippen molar-refractivity contribution in [3.8, 4) is 0 Å². The molecule has 6 heteroatoms. The topological polar surface area (TPSA) is 82.0 Å². The molecule has 2 saturated heterocycles. The van der Waals surface area contributed by atoms with Gasteiger partial charge in [0, 0.05) is 26.5 Å². The normalized spacial score (nSPS) is 25.5. The number of hydrogen-bond donors (Lipinski definition) is 3. The number of nitrogens with zero attached hydrogens (tertiary/aromatic N) is 1. The lowest BCUT2D eigenvalue weighted by molar-refractivity contribution is -0.202. The van der Waals surface area contributed by atoms with Crippen molar-refractivity contribution in [1.29, 1.82) is 0 Å². The molecule has 6 nitrogen and oxygen atoms in total. The third-order valence-corrected chi connectivity index (χ3v) is 2.97. The van der Waals surface area contributed by atoms with Crippen molar-refractivity contribution in [1.82, 2.24) is 10.4 Å². The number of esters is 1. The van der Waals surface area contributed by atoms with E-state index in [0.717, 1.165) is 13.0 Å². The molecule has 0 radical (unpaired) electrons. The molecule has 2 aliphatic rings. The van der Waals surface area contributed by atoms with Crippen molar-refractivity contribution in [2.75, 3.05) is 26.2 Å². The number of carbonyl (C=O) groups excluding carboxylic acids is 1. The zero-order valence-electron chi connectivity index (χ0n) is 12.3. The van der Waals surface area contributed by atoms with Crippen LogP contribution in [0.4, 0.5) is 0 Å². The third-order valence-electron chi connectivity index (χ3n) is 2.97. The maximum Gasteiger partial charge on any atom is 0.323 e. The van der Waals surface area contributed by atoms with E-state index in [9.17, 15) is 4.79 Å². The molecule has 19 heavy (non-hydrogen) atoms. The number of nitrogens with one attached hydrogen (secondary N) is 1. The standard InChI is InChI=1S/C9H16N2O3.C4H10O.H2/c1-2-14-8(12)7-3-9(4-10-7)5-11(13)6-9;1-4(2,3)5;/h7,10,13H,2-6H2,1H3;5H,1-3H3;1H. The van der Waals surface area contributed by atoms with Crippen LogP contribution in [0, 0.1) is 5.41 Å². The molecular formula is C13H28N2O4. The summed E-state index contributed by atoms with van der Waals surface area (Å²) < 4.78 is 4.94. The summed E-state index contributed by atoms with van der Waals surface area (Å²) in [6.07, 6.45) is 0.781. The summed E-state index contributed by atoms with van der Waals surface area (Å²) in [6.45, 7) is 9.59. The molecule has 0 aromatic rings. The molecule has 2 heterocycles. The molecule has 0 aliphatic carbocycles. The number of ether oxygens (including phenoxy) is 1. The van der Waals surface area contributed by atoms with Gasteiger partial charge < -0.3 is 20.4 Å². The SMILES string of the molecule is CC(C)(C)O.CCOC(=O)C1CC2(CN1)CN(O)C2.[HH]. The van der Waals surface area contributed by atoms with Crippen molar-refractivity contribution in [3.05, 3.63) is 0 Å². The second-order valence-corrected chi connectivity index (χ2v) is 6.38. The number of hydroxylamine groups is 2. The van der Waals surface area contributed by atoms with Crippen LogP contribution in [-0.2, 0) is 9.53 Å². The zero-order valence-corrected chi connectivity index (χ0v) is 12.3. The lowest BCUT2D eigenvalue weighted by atomic mass is 9.79. The number of rotatable bonds is 2. The van der Waals surface area contributed by atoms with Gasteiger partial charge >= 0.3 is 5.97 Å². The van der Waals surface area contributed by atoms with Crippen LogP contribution in [0.3, 0.4) is 0 Å². The third kappa shape index (κ3) is 5.44. The zero-order chi connectivity index (χ0) is 14.7. The van der Waals surface area contributed by atoms with Gasteiger partial charge in [0.1, 0.15) is 6.04 Å². The highest BCUT2D eigenvalue weighted by Crippen LogP contribution is 2.37. The largest absolute Gasteiger partial charge is 0.465 e. The van der Waals surface area contributed by atoms with Crippen LogP contribution in [0.1, 0.15) is 35.5 Å². The molecule has 0 aromatic heterocycles. The van der Waals surface area contributed by atoms with Gasteiger partial charge in [-0.3, -0.25) is 4.79 Å². The molecule has 2 rings (SSSR count). The van der Waals surface area contributed by atoms with Crippen LogP contribution in [-0.4, -0.2) is 59.2 Å². The van der Waals surface area contributed by atoms with E-state index < -0.39 is 5.60 Å². The van der Waals surface area contributed by atoms with Crippen LogP contribution in [0.2, 0.25) is 0 Å². The second-order valence-electron chi connectivity index (χ2n) is 6.38. The average molecular weight is 276 g/mol.